The van der Waals surface area contributed by atoms with Crippen molar-refractivity contribution in [2.45, 2.75) is 20.1 Å². The molecular weight excluding hydrogens is 424 g/mol. The van der Waals surface area contributed by atoms with Gasteiger partial charge in [0.15, 0.2) is 0 Å². The number of hydrogen-bond donors (Lipinski definition) is 0. The largest absolute Gasteiger partial charge is 0.391 e. The van der Waals surface area contributed by atoms with Crippen LogP contribution in [-0.4, -0.2) is 20.6 Å². The van der Waals surface area contributed by atoms with Crippen LogP contribution in [0.25, 0.3) is 10.9 Å². The Morgan fingerprint density at radius 1 is 0.909 bits per heavy atom. The molecule has 4 rings (SSSR count). The maximum atomic E-state index is 11.3. The molecular formula is C24H20N4O5. The smallest absolute Gasteiger partial charge is 0.270 e. The fourth-order valence-electron chi connectivity index (χ4n) is 3.70. The molecule has 0 N–H and O–H groups in total. The topological polar surface area (TPSA) is 113 Å². The first-order chi connectivity index (χ1) is 15.9. The van der Waals surface area contributed by atoms with Crippen LogP contribution in [0.3, 0.4) is 0 Å². The Labute approximate surface area is 188 Å². The number of nitrogens with zero attached hydrogens (tertiary/aromatic N) is 4. The summed E-state index contributed by atoms with van der Waals surface area (Å²) in [5, 5.41) is 27.0. The molecule has 0 saturated carbocycles. The lowest BCUT2D eigenvalue weighted by Crippen LogP contribution is -2.02. The summed E-state index contributed by atoms with van der Waals surface area (Å²) in [7, 11) is 0. The van der Waals surface area contributed by atoms with Crippen molar-refractivity contribution in [2.75, 3.05) is 0 Å². The summed E-state index contributed by atoms with van der Waals surface area (Å²) in [6.45, 7) is 2.58. The van der Waals surface area contributed by atoms with Gasteiger partial charge in [0.05, 0.1) is 16.1 Å². The Morgan fingerprint density at radius 2 is 1.61 bits per heavy atom. The molecule has 0 bridgehead atoms. The number of aromatic nitrogens is 1. The van der Waals surface area contributed by atoms with Crippen molar-refractivity contribution in [3.8, 4) is 0 Å². The van der Waals surface area contributed by atoms with Gasteiger partial charge in [-0.2, -0.15) is 0 Å². The maximum Gasteiger partial charge on any atom is 0.270 e. The summed E-state index contributed by atoms with van der Waals surface area (Å²) in [5.41, 5.74) is 4.13. The fraction of sp³-hybridized carbons (Fsp3) is 0.125. The molecule has 0 spiro atoms. The van der Waals surface area contributed by atoms with E-state index in [2.05, 4.69) is 9.72 Å². The molecule has 0 aliphatic rings. The molecule has 0 aliphatic carbocycles. The Kier molecular flexibility index (Phi) is 6.12. The van der Waals surface area contributed by atoms with Gasteiger partial charge < -0.3 is 9.40 Å². The molecule has 0 fully saturated rings. The van der Waals surface area contributed by atoms with Gasteiger partial charge in [0.25, 0.3) is 11.4 Å². The van der Waals surface area contributed by atoms with Crippen LogP contribution in [-0.2, 0) is 18.0 Å². The van der Waals surface area contributed by atoms with E-state index in [0.29, 0.717) is 23.1 Å². The van der Waals surface area contributed by atoms with Crippen molar-refractivity contribution in [3.05, 3.63) is 115 Å². The van der Waals surface area contributed by atoms with Crippen LogP contribution in [0, 0.1) is 27.2 Å². The van der Waals surface area contributed by atoms with E-state index < -0.39 is 9.85 Å². The molecule has 33 heavy (non-hydrogen) atoms. The minimum atomic E-state index is -0.468. The highest BCUT2D eigenvalue weighted by Crippen LogP contribution is 2.29. The number of fused-ring (bicyclic) bond motifs is 1. The summed E-state index contributed by atoms with van der Waals surface area (Å²) >= 11 is 0. The van der Waals surface area contributed by atoms with Crippen LogP contribution in [0.4, 0.5) is 11.4 Å². The van der Waals surface area contributed by atoms with E-state index in [4.69, 9.17) is 4.84 Å². The normalized spacial score (nSPS) is 11.2. The van der Waals surface area contributed by atoms with E-state index >= 15 is 0 Å². The van der Waals surface area contributed by atoms with Crippen LogP contribution in [0.15, 0.2) is 78.0 Å². The molecule has 9 heteroatoms. The van der Waals surface area contributed by atoms with Gasteiger partial charge in [-0.15, -0.1) is 0 Å². The van der Waals surface area contributed by atoms with Crippen LogP contribution in [0.5, 0.6) is 0 Å². The molecule has 9 nitrogen and oxygen atoms in total. The zero-order chi connectivity index (χ0) is 23.4. The first-order valence-corrected chi connectivity index (χ1v) is 10.1. The molecule has 166 valence electrons. The second-order valence-corrected chi connectivity index (χ2v) is 7.46. The van der Waals surface area contributed by atoms with Crippen LogP contribution >= 0.6 is 0 Å². The van der Waals surface area contributed by atoms with E-state index in [1.807, 2.05) is 37.3 Å². The van der Waals surface area contributed by atoms with Gasteiger partial charge in [-0.3, -0.25) is 20.2 Å². The lowest BCUT2D eigenvalue weighted by atomic mass is 10.1. The summed E-state index contributed by atoms with van der Waals surface area (Å²) < 4.78 is 2.08. The standard InChI is InChI=1S/C24H20N4O5/c1-17-23(14-25-33-16-19-8-5-9-20(12-19)27(29)30)22-13-21(28(31)32)10-11-24(22)26(17)15-18-6-3-2-4-7-18/h2-14H,15-16H2,1H3. The molecule has 1 aromatic heterocycles. The maximum absolute atomic E-state index is 11.3. The molecule has 0 saturated heterocycles. The monoisotopic (exact) mass is 444 g/mol. The summed E-state index contributed by atoms with van der Waals surface area (Å²) in [6, 6.07) is 20.8. The first-order valence-electron chi connectivity index (χ1n) is 10.1. The number of non-ortho nitro benzene ring substituents is 2. The SMILES string of the molecule is Cc1c(C=NOCc2cccc([N+](=O)[O-])c2)c2cc([N+](=O)[O-])ccc2n1Cc1ccccc1. The highest BCUT2D eigenvalue weighted by atomic mass is 16.6. The Balaban J connectivity index is 1.64. The zero-order valence-electron chi connectivity index (χ0n) is 17.7. The average molecular weight is 444 g/mol. The van der Waals surface area contributed by atoms with Gasteiger partial charge in [0.2, 0.25) is 0 Å². The molecule has 0 radical (unpaired) electrons. The predicted octanol–water partition coefficient (Wildman–Crippen LogP) is 5.37. The van der Waals surface area contributed by atoms with Gasteiger partial charge in [0, 0.05) is 53.0 Å². The summed E-state index contributed by atoms with van der Waals surface area (Å²) in [4.78, 5) is 26.7. The number of rotatable bonds is 8. The third kappa shape index (κ3) is 4.72. The van der Waals surface area contributed by atoms with Crippen molar-refractivity contribution >= 4 is 28.5 Å². The van der Waals surface area contributed by atoms with Crippen LogP contribution in [0.1, 0.15) is 22.4 Å². The van der Waals surface area contributed by atoms with Crippen LogP contribution < -0.4 is 0 Å². The number of oxime groups is 1. The van der Waals surface area contributed by atoms with Crippen molar-refractivity contribution in [1.82, 2.24) is 4.57 Å². The third-order valence-electron chi connectivity index (χ3n) is 5.36. The van der Waals surface area contributed by atoms with Crippen molar-refractivity contribution < 1.29 is 14.7 Å². The molecule has 0 aliphatic heterocycles. The minimum absolute atomic E-state index is 0.00785. The van der Waals surface area contributed by atoms with Gasteiger partial charge in [-0.25, -0.2) is 0 Å². The van der Waals surface area contributed by atoms with Crippen molar-refractivity contribution in [2.24, 2.45) is 5.16 Å². The highest BCUT2D eigenvalue weighted by molar-refractivity contribution is 6.01. The second kappa shape index (κ2) is 9.31. The number of benzene rings is 3. The third-order valence-corrected chi connectivity index (χ3v) is 5.36. The zero-order valence-corrected chi connectivity index (χ0v) is 17.7. The number of nitro groups is 2. The second-order valence-electron chi connectivity index (χ2n) is 7.46. The average Bonchev–Trinajstić information content (AvgIpc) is 3.07. The predicted molar refractivity (Wildman–Crippen MR) is 124 cm³/mol. The quantitative estimate of drug-likeness (QED) is 0.206. The Morgan fingerprint density at radius 3 is 2.33 bits per heavy atom. The van der Waals surface area contributed by atoms with E-state index in [0.717, 1.165) is 16.8 Å². The van der Waals surface area contributed by atoms with Gasteiger partial charge in [-0.05, 0) is 24.1 Å². The van der Waals surface area contributed by atoms with Gasteiger partial charge in [-0.1, -0.05) is 47.6 Å². The highest BCUT2D eigenvalue weighted by Gasteiger charge is 2.17. The summed E-state index contributed by atoms with van der Waals surface area (Å²) in [6.07, 6.45) is 1.53. The molecule has 4 aromatic rings. The Bertz CT molecular complexity index is 1360. The van der Waals surface area contributed by atoms with Crippen molar-refractivity contribution in [1.29, 1.82) is 0 Å². The van der Waals surface area contributed by atoms with E-state index in [-0.39, 0.29) is 18.0 Å². The fourth-order valence-corrected chi connectivity index (χ4v) is 3.70. The van der Waals surface area contributed by atoms with E-state index in [1.165, 1.54) is 30.5 Å². The number of nitro benzene ring substituents is 2. The number of hydrogen-bond acceptors (Lipinski definition) is 6. The lowest BCUT2D eigenvalue weighted by molar-refractivity contribution is -0.385. The minimum Gasteiger partial charge on any atom is -0.391 e. The van der Waals surface area contributed by atoms with Gasteiger partial charge >= 0.3 is 0 Å². The van der Waals surface area contributed by atoms with Crippen LogP contribution in [0.2, 0.25) is 0 Å². The molecule has 0 amide bonds. The molecule has 1 heterocycles. The molecule has 0 atom stereocenters. The van der Waals surface area contributed by atoms with Crippen molar-refractivity contribution in [3.63, 3.8) is 0 Å². The van der Waals surface area contributed by atoms with E-state index in [9.17, 15) is 20.2 Å². The van der Waals surface area contributed by atoms with E-state index in [1.54, 1.807) is 18.2 Å². The molecule has 3 aromatic carbocycles. The Hall–Kier alpha value is -4.53. The summed E-state index contributed by atoms with van der Waals surface area (Å²) in [5.74, 6) is 0. The van der Waals surface area contributed by atoms with Gasteiger partial charge in [0.1, 0.15) is 6.61 Å². The lowest BCUT2D eigenvalue weighted by Gasteiger charge is -2.08. The first kappa shape index (κ1) is 21.7. The molecule has 0 unspecified atom stereocenters.